The molecule has 0 radical (unpaired) electrons. The number of aliphatic hydroxyl groups is 3. The number of Topliss-reactive ketones (excluding diaryl/α,β-unsaturated/α-hetero) is 1. The van der Waals surface area contributed by atoms with E-state index in [0.717, 1.165) is 29.5 Å². The lowest BCUT2D eigenvalue weighted by atomic mass is 9.87. The molecule has 0 aliphatic carbocycles. The molecule has 2 aromatic carbocycles. The smallest absolute Gasteiger partial charge is 0.254 e. The largest absolute Gasteiger partial charge is 0.385 e. The van der Waals surface area contributed by atoms with E-state index in [1.807, 2.05) is 42.6 Å². The van der Waals surface area contributed by atoms with Crippen molar-refractivity contribution >= 4 is 93.8 Å². The maximum atomic E-state index is 14.4. The van der Waals surface area contributed by atoms with Crippen molar-refractivity contribution in [2.45, 2.75) is 87.7 Å². The number of pyridine rings is 6. The molecule has 6 aromatic heterocycles. The normalized spacial score (nSPS) is 17.2. The van der Waals surface area contributed by atoms with Gasteiger partial charge in [-0.3, -0.25) is 19.4 Å². The van der Waals surface area contributed by atoms with Crippen molar-refractivity contribution in [1.82, 2.24) is 40.5 Å². The van der Waals surface area contributed by atoms with E-state index in [-0.39, 0.29) is 53.8 Å². The van der Waals surface area contributed by atoms with Gasteiger partial charge in [-0.1, -0.05) is 30.3 Å². The van der Waals surface area contributed by atoms with Gasteiger partial charge in [0.1, 0.15) is 44.1 Å². The fourth-order valence-corrected chi connectivity index (χ4v) is 12.1. The summed E-state index contributed by atoms with van der Waals surface area (Å²) in [6.45, 7) is 5.15. The van der Waals surface area contributed by atoms with Crippen LogP contribution in [-0.2, 0) is 60.1 Å². The summed E-state index contributed by atoms with van der Waals surface area (Å²) in [5.74, 6) is -2.49. The molecule has 8 aromatic rings. The number of amides is 2. The Bertz CT molecular complexity index is 3800. The van der Waals surface area contributed by atoms with Crippen LogP contribution in [0.3, 0.4) is 0 Å². The van der Waals surface area contributed by atoms with Gasteiger partial charge in [0.2, 0.25) is 0 Å². The predicted octanol–water partition coefficient (Wildman–Crippen LogP) is 11.6. The summed E-state index contributed by atoms with van der Waals surface area (Å²) in [7, 11) is 0. The topological polar surface area (TPSA) is 276 Å². The number of ketones is 1. The van der Waals surface area contributed by atoms with Gasteiger partial charge in [0.05, 0.1) is 88.1 Å². The van der Waals surface area contributed by atoms with Crippen molar-refractivity contribution in [2.75, 3.05) is 58.6 Å². The van der Waals surface area contributed by atoms with Gasteiger partial charge in [0.25, 0.3) is 11.8 Å². The SMILES string of the molecule is Brc1ccc(I)cn1.Nc1ccc(C2(O)CCOCC2)cn1.O=C1CCOCC1.O=C1NCc2nc(-c3c(F)cccc3F)cc(Br)c21.O=C1NCc2nc(-c3c(F)cccc3F)cc(Cc3ccc(C4(O)CCOCC4)cn3)c21.OC1(c2ccc(Br)nc2)CCOCC1. The number of ether oxygens (including phenoxy) is 4. The Balaban J connectivity index is 0.000000144. The molecule has 12 heterocycles. The van der Waals surface area contributed by atoms with E-state index < -0.39 is 40.1 Å². The van der Waals surface area contributed by atoms with Crippen LogP contribution in [-0.4, -0.2) is 116 Å². The third-order valence-corrected chi connectivity index (χ3v) is 18.2. The molecular formula is C67H65Br3F4IN9O10. The summed E-state index contributed by atoms with van der Waals surface area (Å²) >= 11 is 12.0. The highest BCUT2D eigenvalue weighted by molar-refractivity contribution is 14.1. The molecule has 14 rings (SSSR count). The minimum Gasteiger partial charge on any atom is -0.385 e. The summed E-state index contributed by atoms with van der Waals surface area (Å²) in [5, 5.41) is 36.8. The van der Waals surface area contributed by atoms with Crippen molar-refractivity contribution < 1.29 is 66.2 Å². The Hall–Kier alpha value is -6.64. The third-order valence-electron chi connectivity index (χ3n) is 16.0. The van der Waals surface area contributed by atoms with Gasteiger partial charge < -0.3 is 50.6 Å². The molecule has 2 amide bonds. The van der Waals surface area contributed by atoms with Gasteiger partial charge in [0.15, 0.2) is 0 Å². The molecule has 0 bridgehead atoms. The van der Waals surface area contributed by atoms with Crippen LogP contribution in [0.5, 0.6) is 0 Å². The maximum absolute atomic E-state index is 14.4. The van der Waals surface area contributed by atoms with E-state index in [1.54, 1.807) is 36.8 Å². The highest BCUT2D eigenvalue weighted by Gasteiger charge is 2.35. The highest BCUT2D eigenvalue weighted by Crippen LogP contribution is 2.36. The quantitative estimate of drug-likeness (QED) is 0.0491. The van der Waals surface area contributed by atoms with Gasteiger partial charge in [-0.15, -0.1) is 0 Å². The molecule has 0 atom stereocenters. The Labute approximate surface area is 578 Å². The van der Waals surface area contributed by atoms with Crippen molar-refractivity contribution in [1.29, 1.82) is 0 Å². The number of anilines is 1. The summed E-state index contributed by atoms with van der Waals surface area (Å²) in [6, 6.07) is 25.1. The number of rotatable bonds is 7. The minimum absolute atomic E-state index is 0.138. The second-order valence-corrected chi connectivity index (χ2v) is 26.0. The van der Waals surface area contributed by atoms with Gasteiger partial charge >= 0.3 is 0 Å². The lowest BCUT2D eigenvalue weighted by molar-refractivity contribution is -0.124. The monoisotopic (exact) mass is 1600 g/mol. The number of nitrogen functional groups attached to an aromatic ring is 1. The first-order valence-electron chi connectivity index (χ1n) is 29.9. The summed E-state index contributed by atoms with van der Waals surface area (Å²) < 4.78 is 80.2. The summed E-state index contributed by atoms with van der Waals surface area (Å²) in [5.41, 5.74) is 8.34. The Morgan fingerprint density at radius 3 is 1.32 bits per heavy atom. The molecule has 0 saturated carbocycles. The molecule has 4 fully saturated rings. The van der Waals surface area contributed by atoms with Crippen LogP contribution >= 0.6 is 70.4 Å². The molecular weight excluding hydrogens is 1530 g/mol. The van der Waals surface area contributed by atoms with Crippen molar-refractivity contribution in [3.8, 4) is 22.5 Å². The second kappa shape index (κ2) is 33.4. The van der Waals surface area contributed by atoms with E-state index in [1.165, 1.54) is 42.5 Å². The number of hydrogen-bond acceptors (Lipinski definition) is 17. The average molecular weight is 1600 g/mol. The van der Waals surface area contributed by atoms with Gasteiger partial charge in [-0.2, -0.15) is 0 Å². The highest BCUT2D eigenvalue weighted by atomic mass is 127. The summed E-state index contributed by atoms with van der Waals surface area (Å²) in [4.78, 5) is 59.4. The van der Waals surface area contributed by atoms with Crippen LogP contribution in [0.25, 0.3) is 22.5 Å². The van der Waals surface area contributed by atoms with Gasteiger partial charge in [-0.05, 0) is 143 Å². The molecule has 0 unspecified atom stereocenters. The Kier molecular flexibility index (Phi) is 25.4. The van der Waals surface area contributed by atoms with Crippen LogP contribution < -0.4 is 16.4 Å². The minimum atomic E-state index is -0.961. The van der Waals surface area contributed by atoms with Crippen molar-refractivity contribution in [3.05, 3.63) is 213 Å². The lowest BCUT2D eigenvalue weighted by Gasteiger charge is -2.32. The zero-order valence-electron chi connectivity index (χ0n) is 50.5. The molecule has 0 spiro atoms. The first-order valence-corrected chi connectivity index (χ1v) is 33.3. The first kappa shape index (κ1) is 71.6. The molecule has 27 heteroatoms. The van der Waals surface area contributed by atoms with Crippen LogP contribution in [0.15, 0.2) is 136 Å². The van der Waals surface area contributed by atoms with Crippen molar-refractivity contribution in [2.24, 2.45) is 0 Å². The number of carbonyl (C=O) groups is 3. The number of hydrogen-bond donors (Lipinski definition) is 6. The number of halogens is 8. The van der Waals surface area contributed by atoms with Crippen LogP contribution in [0.2, 0.25) is 0 Å². The molecule has 4 saturated heterocycles. The predicted molar refractivity (Wildman–Crippen MR) is 358 cm³/mol. The number of nitrogens with one attached hydrogen (secondary N) is 2. The molecule has 94 heavy (non-hydrogen) atoms. The molecule has 7 N–H and O–H groups in total. The number of nitrogens with two attached hydrogens (primary N) is 1. The number of benzene rings is 2. The standard InChI is InChI=1S/C24H21F2N3O3.C13H7BrF2N2O.C10H12BrNO2.C10H14N2O2.C5H3BrIN.C5H8O2/c25-17-2-1-3-18(26)22(17)19-11-14(21-20(29-19)13-28-23(21)30)10-16-5-4-15(12-27-16)24(31)6-8-32-9-7-24;14-6-4-9(12-7(15)2-1-3-8(12)16)18-10-5-17-13(19)11(6)10;2*11-9-2-1-8(7-12-9)10(13)3-5-14-6-4-10;6-5-2-1-4(7)3-8-5;6-5-1-3-7-4-2-5/h1-5,11-12,31H,6-10,13H2,(H,28,30);1-4H,5H2,(H,17,19);1-2,7,13H,3-6H2;1-2,7,13H,3-6H2,(H2,11,12);1-3H;1-4H2. The van der Waals surface area contributed by atoms with Gasteiger partial charge in [0, 0.05) is 153 Å². The van der Waals surface area contributed by atoms with E-state index in [0.29, 0.717) is 154 Å². The fourth-order valence-electron chi connectivity index (χ4n) is 10.7. The fraction of sp³-hybridized carbons (Fsp3) is 0.328. The van der Waals surface area contributed by atoms with E-state index in [4.69, 9.17) is 24.7 Å². The van der Waals surface area contributed by atoms with E-state index in [9.17, 15) is 47.3 Å². The number of fused-ring (bicyclic) bond motifs is 2. The molecule has 6 aliphatic rings. The molecule has 19 nitrogen and oxygen atoms in total. The van der Waals surface area contributed by atoms with Gasteiger partial charge in [-0.25, -0.2) is 42.5 Å². The van der Waals surface area contributed by atoms with Crippen LogP contribution in [0.4, 0.5) is 23.4 Å². The number of aromatic nitrogens is 6. The van der Waals surface area contributed by atoms with Crippen molar-refractivity contribution in [3.63, 3.8) is 0 Å². The maximum Gasteiger partial charge on any atom is 0.254 e. The van der Waals surface area contributed by atoms with Crippen LogP contribution in [0, 0.1) is 26.8 Å². The van der Waals surface area contributed by atoms with Crippen LogP contribution in [0.1, 0.15) is 111 Å². The zero-order chi connectivity index (χ0) is 67.0. The number of carbonyl (C=O) groups excluding carboxylic acids is 3. The van der Waals surface area contributed by atoms with E-state index >= 15 is 0 Å². The first-order chi connectivity index (χ1) is 45.1. The number of nitrogens with zero attached hydrogens (tertiary/aromatic N) is 6. The molecule has 494 valence electrons. The Morgan fingerprint density at radius 1 is 0.500 bits per heavy atom. The third kappa shape index (κ3) is 18.9. The second-order valence-electron chi connectivity index (χ2n) is 22.3. The lowest BCUT2D eigenvalue weighted by Crippen LogP contribution is -2.33. The summed E-state index contributed by atoms with van der Waals surface area (Å²) in [6.07, 6.45) is 11.9. The molecule has 6 aliphatic heterocycles. The Morgan fingerprint density at radius 2 is 0.915 bits per heavy atom. The van der Waals surface area contributed by atoms with E-state index in [2.05, 4.69) is 111 Å². The zero-order valence-corrected chi connectivity index (χ0v) is 57.4. The average Bonchev–Trinajstić information content (AvgIpc) is 1.57.